The Balaban J connectivity index is 1.85. The van der Waals surface area contributed by atoms with E-state index in [0.717, 1.165) is 18.7 Å². The van der Waals surface area contributed by atoms with E-state index in [9.17, 15) is 4.79 Å². The Labute approximate surface area is 144 Å². The number of halogens is 2. The van der Waals surface area contributed by atoms with E-state index < -0.39 is 6.10 Å². The van der Waals surface area contributed by atoms with Gasteiger partial charge in [-0.1, -0.05) is 53.5 Å². The lowest BCUT2D eigenvalue weighted by atomic mass is 10.1. The molecular weight excluding hydrogens is 335 g/mol. The van der Waals surface area contributed by atoms with Crippen LogP contribution in [0.5, 0.6) is 5.75 Å². The number of hydrogen-bond donors (Lipinski definition) is 2. The predicted octanol–water partition coefficient (Wildman–Crippen LogP) is 3.20. The SMILES string of the molecule is O=C(NC1CNC1)C(Oc1cc(Cl)ccc1Cl)c1ccccc1. The summed E-state index contributed by atoms with van der Waals surface area (Å²) in [5.74, 6) is 0.189. The molecule has 1 atom stereocenters. The highest BCUT2D eigenvalue weighted by Crippen LogP contribution is 2.32. The van der Waals surface area contributed by atoms with Gasteiger partial charge in [0.15, 0.2) is 0 Å². The Hall–Kier alpha value is -1.75. The molecule has 0 radical (unpaired) electrons. The highest BCUT2D eigenvalue weighted by molar-refractivity contribution is 6.34. The first-order valence-electron chi connectivity index (χ1n) is 7.31. The van der Waals surface area contributed by atoms with Crippen molar-refractivity contribution in [3.05, 3.63) is 64.1 Å². The van der Waals surface area contributed by atoms with Gasteiger partial charge in [0, 0.05) is 29.7 Å². The van der Waals surface area contributed by atoms with Gasteiger partial charge in [0.1, 0.15) is 5.75 Å². The van der Waals surface area contributed by atoms with E-state index in [1.54, 1.807) is 18.2 Å². The Kier molecular flexibility index (Phi) is 5.06. The molecule has 1 amide bonds. The number of rotatable bonds is 5. The number of amides is 1. The van der Waals surface area contributed by atoms with Crippen LogP contribution in [0.4, 0.5) is 0 Å². The Bertz CT molecular complexity index is 690. The van der Waals surface area contributed by atoms with Crippen molar-refractivity contribution in [1.29, 1.82) is 0 Å². The van der Waals surface area contributed by atoms with E-state index in [1.807, 2.05) is 30.3 Å². The van der Waals surface area contributed by atoms with Crippen molar-refractivity contribution in [2.24, 2.45) is 0 Å². The highest BCUT2D eigenvalue weighted by Gasteiger charge is 2.27. The minimum Gasteiger partial charge on any atom is -0.474 e. The first kappa shape index (κ1) is 16.1. The fraction of sp³-hybridized carbons (Fsp3) is 0.235. The van der Waals surface area contributed by atoms with Gasteiger partial charge in [0.05, 0.1) is 11.1 Å². The van der Waals surface area contributed by atoms with Crippen LogP contribution in [0.15, 0.2) is 48.5 Å². The molecule has 2 aromatic rings. The van der Waals surface area contributed by atoms with Gasteiger partial charge in [0.25, 0.3) is 5.91 Å². The van der Waals surface area contributed by atoms with Crippen LogP contribution < -0.4 is 15.4 Å². The smallest absolute Gasteiger partial charge is 0.266 e. The maximum absolute atomic E-state index is 12.6. The minimum absolute atomic E-state index is 0.132. The molecule has 120 valence electrons. The van der Waals surface area contributed by atoms with Crippen LogP contribution in [-0.2, 0) is 4.79 Å². The van der Waals surface area contributed by atoms with Crippen LogP contribution in [0, 0.1) is 0 Å². The number of benzene rings is 2. The molecule has 3 rings (SSSR count). The van der Waals surface area contributed by atoms with Crippen molar-refractivity contribution in [3.8, 4) is 5.75 Å². The number of nitrogens with one attached hydrogen (secondary N) is 2. The van der Waals surface area contributed by atoms with Gasteiger partial charge in [-0.05, 0) is 12.1 Å². The summed E-state index contributed by atoms with van der Waals surface area (Å²) < 4.78 is 5.89. The largest absolute Gasteiger partial charge is 0.474 e. The summed E-state index contributed by atoms with van der Waals surface area (Å²) in [6.45, 7) is 1.54. The van der Waals surface area contributed by atoms with Crippen LogP contribution in [-0.4, -0.2) is 25.0 Å². The summed E-state index contributed by atoms with van der Waals surface area (Å²) >= 11 is 12.1. The Morgan fingerprint density at radius 1 is 1.17 bits per heavy atom. The fourth-order valence-electron chi connectivity index (χ4n) is 2.26. The molecular formula is C17H16Cl2N2O2. The zero-order valence-electron chi connectivity index (χ0n) is 12.3. The molecule has 1 fully saturated rings. The molecule has 1 aliphatic heterocycles. The monoisotopic (exact) mass is 350 g/mol. The average molecular weight is 351 g/mol. The van der Waals surface area contributed by atoms with Crippen molar-refractivity contribution in [3.63, 3.8) is 0 Å². The maximum Gasteiger partial charge on any atom is 0.266 e. The Morgan fingerprint density at radius 2 is 1.91 bits per heavy atom. The van der Waals surface area contributed by atoms with E-state index >= 15 is 0 Å². The quantitative estimate of drug-likeness (QED) is 0.870. The van der Waals surface area contributed by atoms with Gasteiger partial charge in [0.2, 0.25) is 6.10 Å². The summed E-state index contributed by atoms with van der Waals surface area (Å²) in [6.07, 6.45) is -0.784. The fourth-order valence-corrected chi connectivity index (χ4v) is 2.59. The normalized spacial score (nSPS) is 15.6. The summed E-state index contributed by atoms with van der Waals surface area (Å²) in [6, 6.07) is 14.4. The third-order valence-electron chi connectivity index (χ3n) is 3.61. The molecule has 1 saturated heterocycles. The van der Waals surface area contributed by atoms with Crippen molar-refractivity contribution in [2.45, 2.75) is 12.1 Å². The molecule has 23 heavy (non-hydrogen) atoms. The molecule has 1 heterocycles. The lowest BCUT2D eigenvalue weighted by Crippen LogP contribution is -2.58. The van der Waals surface area contributed by atoms with Crippen molar-refractivity contribution in [1.82, 2.24) is 10.6 Å². The zero-order chi connectivity index (χ0) is 16.2. The van der Waals surface area contributed by atoms with Crippen LogP contribution in [0.25, 0.3) is 0 Å². The van der Waals surface area contributed by atoms with Crippen molar-refractivity contribution >= 4 is 29.1 Å². The molecule has 0 bridgehead atoms. The van der Waals surface area contributed by atoms with Gasteiger partial charge >= 0.3 is 0 Å². The topological polar surface area (TPSA) is 50.4 Å². The number of ether oxygens (including phenoxy) is 1. The van der Waals surface area contributed by atoms with Crippen molar-refractivity contribution in [2.75, 3.05) is 13.1 Å². The lowest BCUT2D eigenvalue weighted by molar-refractivity contribution is -0.129. The predicted molar refractivity (Wildman–Crippen MR) is 91.1 cm³/mol. The summed E-state index contributed by atoms with van der Waals surface area (Å²) in [7, 11) is 0. The molecule has 1 aliphatic rings. The van der Waals surface area contributed by atoms with Gasteiger partial charge < -0.3 is 15.4 Å². The summed E-state index contributed by atoms with van der Waals surface area (Å²) in [5.41, 5.74) is 0.758. The maximum atomic E-state index is 12.6. The van der Waals surface area contributed by atoms with E-state index in [4.69, 9.17) is 27.9 Å². The van der Waals surface area contributed by atoms with E-state index in [-0.39, 0.29) is 11.9 Å². The van der Waals surface area contributed by atoms with Gasteiger partial charge in [-0.25, -0.2) is 0 Å². The van der Waals surface area contributed by atoms with Crippen LogP contribution >= 0.6 is 23.2 Å². The third kappa shape index (κ3) is 3.96. The van der Waals surface area contributed by atoms with E-state index in [2.05, 4.69) is 10.6 Å². The van der Waals surface area contributed by atoms with Crippen LogP contribution in [0.1, 0.15) is 11.7 Å². The molecule has 6 heteroatoms. The molecule has 2 aromatic carbocycles. The number of hydrogen-bond acceptors (Lipinski definition) is 3. The van der Waals surface area contributed by atoms with Crippen LogP contribution in [0.3, 0.4) is 0 Å². The van der Waals surface area contributed by atoms with E-state index in [0.29, 0.717) is 15.8 Å². The first-order chi connectivity index (χ1) is 11.1. The molecule has 4 nitrogen and oxygen atoms in total. The first-order valence-corrected chi connectivity index (χ1v) is 8.07. The van der Waals surface area contributed by atoms with Gasteiger partial charge in [-0.2, -0.15) is 0 Å². The standard InChI is InChI=1S/C17H16Cl2N2O2/c18-12-6-7-14(19)15(8-12)23-16(11-4-2-1-3-5-11)17(22)21-13-9-20-10-13/h1-8,13,16,20H,9-10H2,(H,21,22). The summed E-state index contributed by atoms with van der Waals surface area (Å²) in [4.78, 5) is 12.6. The molecule has 0 aliphatic carbocycles. The lowest BCUT2D eigenvalue weighted by Gasteiger charge is -2.30. The number of carbonyl (C=O) groups is 1. The van der Waals surface area contributed by atoms with E-state index in [1.165, 1.54) is 0 Å². The zero-order valence-corrected chi connectivity index (χ0v) is 13.8. The second kappa shape index (κ2) is 7.21. The van der Waals surface area contributed by atoms with Gasteiger partial charge in [-0.15, -0.1) is 0 Å². The minimum atomic E-state index is -0.784. The highest BCUT2D eigenvalue weighted by atomic mass is 35.5. The van der Waals surface area contributed by atoms with Crippen LogP contribution in [0.2, 0.25) is 10.0 Å². The Morgan fingerprint density at radius 3 is 2.57 bits per heavy atom. The molecule has 0 spiro atoms. The summed E-state index contributed by atoms with van der Waals surface area (Å²) in [5, 5.41) is 6.99. The third-order valence-corrected chi connectivity index (χ3v) is 4.15. The molecule has 0 aromatic heterocycles. The average Bonchev–Trinajstić information content (AvgIpc) is 2.52. The van der Waals surface area contributed by atoms with Crippen molar-refractivity contribution < 1.29 is 9.53 Å². The second-order valence-electron chi connectivity index (χ2n) is 5.35. The number of carbonyl (C=O) groups excluding carboxylic acids is 1. The second-order valence-corrected chi connectivity index (χ2v) is 6.19. The molecule has 0 saturated carbocycles. The molecule has 2 N–H and O–H groups in total. The van der Waals surface area contributed by atoms with Gasteiger partial charge in [-0.3, -0.25) is 4.79 Å². The molecule has 1 unspecified atom stereocenters.